The van der Waals surface area contributed by atoms with Crippen molar-refractivity contribution in [1.29, 1.82) is 0 Å². The molecular formula is C13H14N2O2. The molecule has 4 heteroatoms. The molecule has 2 aromatic rings. The van der Waals surface area contributed by atoms with E-state index < -0.39 is 0 Å². The molecule has 1 heterocycles. The second kappa shape index (κ2) is 4.33. The summed E-state index contributed by atoms with van der Waals surface area (Å²) in [4.78, 5) is 13.6. The van der Waals surface area contributed by atoms with Gasteiger partial charge in [-0.15, -0.1) is 0 Å². The quantitative estimate of drug-likeness (QED) is 0.806. The Kier molecular flexibility index (Phi) is 2.87. The van der Waals surface area contributed by atoms with E-state index in [4.69, 9.17) is 10.2 Å². The predicted octanol–water partition coefficient (Wildman–Crippen LogP) is 2.45. The fourth-order valence-corrected chi connectivity index (χ4v) is 1.56. The molecule has 1 aromatic carbocycles. The number of aryl methyl sites for hydroxylation is 1. The first-order valence-electron chi connectivity index (χ1n) is 5.26. The SMILES string of the molecule is Cc1cc(C(=O)N(C)c2ccc(N)cc2)co1. The zero-order valence-electron chi connectivity index (χ0n) is 9.81. The van der Waals surface area contributed by atoms with Gasteiger partial charge in [-0.05, 0) is 37.3 Å². The topological polar surface area (TPSA) is 59.5 Å². The van der Waals surface area contributed by atoms with E-state index in [1.807, 2.05) is 0 Å². The first-order valence-corrected chi connectivity index (χ1v) is 5.26. The summed E-state index contributed by atoms with van der Waals surface area (Å²) in [5.41, 5.74) is 7.61. The minimum absolute atomic E-state index is 0.105. The summed E-state index contributed by atoms with van der Waals surface area (Å²) in [6, 6.07) is 8.86. The van der Waals surface area contributed by atoms with Crippen molar-refractivity contribution in [3.8, 4) is 0 Å². The molecule has 17 heavy (non-hydrogen) atoms. The van der Waals surface area contributed by atoms with Crippen LogP contribution in [0, 0.1) is 6.92 Å². The Hall–Kier alpha value is -2.23. The normalized spacial score (nSPS) is 10.2. The standard InChI is InChI=1S/C13H14N2O2/c1-9-7-10(8-17-9)13(16)15(2)12-5-3-11(14)4-6-12/h3-8H,14H2,1-2H3. The van der Waals surface area contributed by atoms with E-state index in [2.05, 4.69) is 0 Å². The second-order valence-electron chi connectivity index (χ2n) is 3.90. The maximum atomic E-state index is 12.1. The third kappa shape index (κ3) is 2.30. The molecule has 0 saturated carbocycles. The molecule has 88 valence electrons. The van der Waals surface area contributed by atoms with Crippen molar-refractivity contribution in [2.75, 3.05) is 17.7 Å². The molecule has 1 amide bonds. The van der Waals surface area contributed by atoms with E-state index in [0.717, 1.165) is 11.4 Å². The zero-order chi connectivity index (χ0) is 12.4. The van der Waals surface area contributed by atoms with Gasteiger partial charge in [0.05, 0.1) is 5.56 Å². The van der Waals surface area contributed by atoms with Crippen LogP contribution in [0.15, 0.2) is 41.0 Å². The summed E-state index contributed by atoms with van der Waals surface area (Å²) in [7, 11) is 1.72. The van der Waals surface area contributed by atoms with Crippen LogP contribution in [-0.2, 0) is 0 Å². The van der Waals surface area contributed by atoms with Gasteiger partial charge in [0.25, 0.3) is 5.91 Å². The van der Waals surface area contributed by atoms with Crippen LogP contribution in [0.1, 0.15) is 16.1 Å². The predicted molar refractivity (Wildman–Crippen MR) is 67.0 cm³/mol. The van der Waals surface area contributed by atoms with Crippen LogP contribution >= 0.6 is 0 Å². The lowest BCUT2D eigenvalue weighted by molar-refractivity contribution is 0.0992. The minimum Gasteiger partial charge on any atom is -0.469 e. The number of amides is 1. The van der Waals surface area contributed by atoms with E-state index in [1.165, 1.54) is 6.26 Å². The highest BCUT2D eigenvalue weighted by Crippen LogP contribution is 2.18. The number of hydrogen-bond donors (Lipinski definition) is 1. The van der Waals surface area contributed by atoms with E-state index in [9.17, 15) is 4.79 Å². The van der Waals surface area contributed by atoms with Crippen molar-refractivity contribution in [3.63, 3.8) is 0 Å². The van der Waals surface area contributed by atoms with Crippen LogP contribution in [0.25, 0.3) is 0 Å². The number of benzene rings is 1. The molecule has 0 unspecified atom stereocenters. The van der Waals surface area contributed by atoms with E-state index in [-0.39, 0.29) is 5.91 Å². The number of furan rings is 1. The van der Waals surface area contributed by atoms with Gasteiger partial charge in [0.2, 0.25) is 0 Å². The van der Waals surface area contributed by atoms with Gasteiger partial charge in [-0.2, -0.15) is 0 Å². The summed E-state index contributed by atoms with van der Waals surface area (Å²) in [5.74, 6) is 0.616. The molecule has 0 aliphatic rings. The molecule has 0 atom stereocenters. The van der Waals surface area contributed by atoms with Crippen LogP contribution in [-0.4, -0.2) is 13.0 Å². The Morgan fingerprint density at radius 3 is 2.47 bits per heavy atom. The molecule has 0 bridgehead atoms. The second-order valence-corrected chi connectivity index (χ2v) is 3.90. The van der Waals surface area contributed by atoms with Crippen molar-refractivity contribution in [1.82, 2.24) is 0 Å². The number of rotatable bonds is 2. The number of nitrogen functional groups attached to an aromatic ring is 1. The van der Waals surface area contributed by atoms with Gasteiger partial charge < -0.3 is 15.1 Å². The molecule has 4 nitrogen and oxygen atoms in total. The van der Waals surface area contributed by atoms with Gasteiger partial charge in [-0.1, -0.05) is 0 Å². The molecule has 0 fully saturated rings. The highest BCUT2D eigenvalue weighted by atomic mass is 16.3. The Labute approximate surface area is 99.6 Å². The highest BCUT2D eigenvalue weighted by molar-refractivity contribution is 6.05. The van der Waals surface area contributed by atoms with Crippen molar-refractivity contribution in [2.24, 2.45) is 0 Å². The summed E-state index contributed by atoms with van der Waals surface area (Å²) in [6.07, 6.45) is 1.46. The largest absolute Gasteiger partial charge is 0.469 e. The van der Waals surface area contributed by atoms with Gasteiger partial charge in [-0.3, -0.25) is 4.79 Å². The van der Waals surface area contributed by atoms with Gasteiger partial charge in [0, 0.05) is 18.4 Å². The number of carbonyl (C=O) groups is 1. The number of carbonyl (C=O) groups excluding carboxylic acids is 1. The molecule has 1 aromatic heterocycles. The number of nitrogens with zero attached hydrogens (tertiary/aromatic N) is 1. The number of anilines is 2. The lowest BCUT2D eigenvalue weighted by Gasteiger charge is -2.16. The highest BCUT2D eigenvalue weighted by Gasteiger charge is 2.15. The lowest BCUT2D eigenvalue weighted by atomic mass is 10.2. The van der Waals surface area contributed by atoms with Crippen molar-refractivity contribution >= 4 is 17.3 Å². The monoisotopic (exact) mass is 230 g/mol. The maximum Gasteiger partial charge on any atom is 0.261 e. The van der Waals surface area contributed by atoms with Crippen LogP contribution in [0.5, 0.6) is 0 Å². The van der Waals surface area contributed by atoms with Gasteiger partial charge in [0.15, 0.2) is 0 Å². The molecule has 0 aliphatic carbocycles. The van der Waals surface area contributed by atoms with Crippen molar-refractivity contribution in [3.05, 3.63) is 47.9 Å². The molecule has 0 radical (unpaired) electrons. The van der Waals surface area contributed by atoms with Crippen LogP contribution < -0.4 is 10.6 Å². The minimum atomic E-state index is -0.105. The van der Waals surface area contributed by atoms with Gasteiger partial charge in [0.1, 0.15) is 12.0 Å². The summed E-state index contributed by atoms with van der Waals surface area (Å²) in [5, 5.41) is 0. The summed E-state index contributed by atoms with van der Waals surface area (Å²) in [6.45, 7) is 1.81. The Morgan fingerprint density at radius 1 is 1.29 bits per heavy atom. The Bertz CT molecular complexity index is 529. The van der Waals surface area contributed by atoms with Crippen LogP contribution in [0.3, 0.4) is 0 Å². The van der Waals surface area contributed by atoms with Crippen molar-refractivity contribution in [2.45, 2.75) is 6.92 Å². The summed E-state index contributed by atoms with van der Waals surface area (Å²) < 4.78 is 5.12. The smallest absolute Gasteiger partial charge is 0.261 e. The van der Waals surface area contributed by atoms with Gasteiger partial charge in [-0.25, -0.2) is 0 Å². The lowest BCUT2D eigenvalue weighted by Crippen LogP contribution is -2.25. The first-order chi connectivity index (χ1) is 8.08. The van der Waals surface area contributed by atoms with Crippen molar-refractivity contribution < 1.29 is 9.21 Å². The number of hydrogen-bond acceptors (Lipinski definition) is 3. The average Bonchev–Trinajstić information content (AvgIpc) is 2.75. The Balaban J connectivity index is 2.23. The molecule has 2 rings (SSSR count). The number of nitrogens with two attached hydrogens (primary N) is 1. The van der Waals surface area contributed by atoms with Gasteiger partial charge >= 0.3 is 0 Å². The molecule has 0 aliphatic heterocycles. The van der Waals surface area contributed by atoms with E-state index >= 15 is 0 Å². The molecule has 2 N–H and O–H groups in total. The molecular weight excluding hydrogens is 216 g/mol. The summed E-state index contributed by atoms with van der Waals surface area (Å²) >= 11 is 0. The third-order valence-electron chi connectivity index (χ3n) is 2.56. The average molecular weight is 230 g/mol. The zero-order valence-corrected chi connectivity index (χ0v) is 9.81. The molecule has 0 saturated heterocycles. The third-order valence-corrected chi connectivity index (χ3v) is 2.56. The van der Waals surface area contributed by atoms with E-state index in [0.29, 0.717) is 11.3 Å². The van der Waals surface area contributed by atoms with Crippen LogP contribution in [0.2, 0.25) is 0 Å². The maximum absolute atomic E-state index is 12.1. The van der Waals surface area contributed by atoms with Crippen LogP contribution in [0.4, 0.5) is 11.4 Å². The Morgan fingerprint density at radius 2 is 1.94 bits per heavy atom. The fourth-order valence-electron chi connectivity index (χ4n) is 1.56. The first kappa shape index (κ1) is 11.3. The molecule has 0 spiro atoms. The van der Waals surface area contributed by atoms with E-state index in [1.54, 1.807) is 49.2 Å². The fraction of sp³-hybridized carbons (Fsp3) is 0.154.